The molecule has 2 N–H and O–H groups in total. The molecule has 3 heteroatoms. The van der Waals surface area contributed by atoms with Gasteiger partial charge < -0.3 is 10.6 Å². The molecular weight excluding hydrogens is 179 g/mol. The summed E-state index contributed by atoms with van der Waals surface area (Å²) in [6.45, 7) is 0.970. The van der Waals surface area contributed by atoms with E-state index in [0.29, 0.717) is 13.1 Å². The lowest BCUT2D eigenvalue weighted by Gasteiger charge is -2.39. The van der Waals surface area contributed by atoms with Crippen molar-refractivity contribution in [2.24, 2.45) is 0 Å². The fourth-order valence-corrected chi connectivity index (χ4v) is 2.22. The van der Waals surface area contributed by atoms with Gasteiger partial charge in [0.2, 0.25) is 0 Å². The molecule has 0 aromatic heterocycles. The van der Waals surface area contributed by atoms with Crippen LogP contribution in [0.15, 0.2) is 24.3 Å². The number of anilines is 1. The summed E-state index contributed by atoms with van der Waals surface area (Å²) >= 11 is 0. The second-order valence-corrected chi connectivity index (χ2v) is 4.20. The summed E-state index contributed by atoms with van der Waals surface area (Å²) in [6.07, 6.45) is 0.814. The molecule has 1 saturated heterocycles. The van der Waals surface area contributed by atoms with E-state index in [1.807, 2.05) is 18.2 Å². The lowest BCUT2D eigenvalue weighted by Crippen LogP contribution is -2.64. The second kappa shape index (κ2) is 2.70. The van der Waals surface area contributed by atoms with Crippen LogP contribution in [0, 0.1) is 0 Å². The Balaban J connectivity index is 1.84. The maximum Gasteiger partial charge on any atom is 0.155 e. The quantitative estimate of drug-likeness (QED) is 0.701. The van der Waals surface area contributed by atoms with Gasteiger partial charge in [0, 0.05) is 18.8 Å². The third-order valence-corrected chi connectivity index (χ3v) is 3.23. The lowest BCUT2D eigenvalue weighted by molar-refractivity contribution is 0.0702. The highest BCUT2D eigenvalue weighted by Crippen LogP contribution is 2.34. The topological polar surface area (TPSA) is 24.1 Å². The van der Waals surface area contributed by atoms with E-state index >= 15 is 0 Å². The summed E-state index contributed by atoms with van der Waals surface area (Å²) < 4.78 is 14.1. The minimum absolute atomic E-state index is 0.0406. The molecule has 1 aromatic carbocycles. The van der Waals surface area contributed by atoms with E-state index in [4.69, 9.17) is 0 Å². The molecule has 14 heavy (non-hydrogen) atoms. The molecule has 0 aliphatic carbocycles. The molecule has 1 unspecified atom stereocenters. The molecular formula is C11H13FN2. The largest absolute Gasteiger partial charge is 0.378 e. The minimum Gasteiger partial charge on any atom is -0.378 e. The van der Waals surface area contributed by atoms with Gasteiger partial charge in [0.15, 0.2) is 5.67 Å². The first-order valence-corrected chi connectivity index (χ1v) is 5.02. The molecule has 2 aliphatic rings. The van der Waals surface area contributed by atoms with Crippen LogP contribution in [-0.2, 0) is 6.42 Å². The van der Waals surface area contributed by atoms with Crippen molar-refractivity contribution in [2.45, 2.75) is 18.1 Å². The van der Waals surface area contributed by atoms with Crippen molar-refractivity contribution in [3.8, 4) is 0 Å². The number of halogens is 1. The van der Waals surface area contributed by atoms with Crippen LogP contribution in [0.4, 0.5) is 10.1 Å². The lowest BCUT2D eigenvalue weighted by atomic mass is 9.88. The number of para-hydroxylation sites is 1. The molecule has 3 rings (SSSR count). The van der Waals surface area contributed by atoms with Crippen LogP contribution < -0.4 is 10.6 Å². The predicted octanol–water partition coefficient (Wildman–Crippen LogP) is 1.33. The van der Waals surface area contributed by atoms with Crippen LogP contribution in [-0.4, -0.2) is 24.8 Å². The maximum absolute atomic E-state index is 14.1. The second-order valence-electron chi connectivity index (χ2n) is 4.20. The van der Waals surface area contributed by atoms with Crippen molar-refractivity contribution >= 4 is 5.69 Å². The number of rotatable bonds is 1. The van der Waals surface area contributed by atoms with E-state index in [9.17, 15) is 4.39 Å². The Labute approximate surface area is 82.5 Å². The molecule has 1 atom stereocenters. The Kier molecular flexibility index (Phi) is 1.59. The minimum atomic E-state index is -1.04. The van der Waals surface area contributed by atoms with E-state index in [1.54, 1.807) is 0 Å². The zero-order valence-corrected chi connectivity index (χ0v) is 7.89. The van der Waals surface area contributed by atoms with Gasteiger partial charge in [-0.05, 0) is 18.1 Å². The summed E-state index contributed by atoms with van der Waals surface area (Å²) in [4.78, 5) is 0. The SMILES string of the molecule is FC1(C2Cc3ccccc3N2)CNC1. The van der Waals surface area contributed by atoms with Gasteiger partial charge in [-0.25, -0.2) is 4.39 Å². The van der Waals surface area contributed by atoms with Crippen LogP contribution in [0.5, 0.6) is 0 Å². The van der Waals surface area contributed by atoms with Crippen molar-refractivity contribution < 1.29 is 4.39 Å². The number of hydrogen-bond acceptors (Lipinski definition) is 2. The van der Waals surface area contributed by atoms with Gasteiger partial charge in [0.1, 0.15) is 0 Å². The smallest absolute Gasteiger partial charge is 0.155 e. The highest BCUT2D eigenvalue weighted by molar-refractivity contribution is 5.57. The van der Waals surface area contributed by atoms with E-state index < -0.39 is 5.67 Å². The molecule has 1 aromatic rings. The Bertz CT molecular complexity index is 335. The summed E-state index contributed by atoms with van der Waals surface area (Å²) in [5.41, 5.74) is 1.29. The molecule has 1 fully saturated rings. The molecule has 2 aliphatic heterocycles. The average molecular weight is 192 g/mol. The van der Waals surface area contributed by atoms with Crippen LogP contribution in [0.25, 0.3) is 0 Å². The summed E-state index contributed by atoms with van der Waals surface area (Å²) in [5, 5.41) is 6.25. The van der Waals surface area contributed by atoms with Crippen molar-refractivity contribution in [3.05, 3.63) is 29.8 Å². The zero-order valence-electron chi connectivity index (χ0n) is 7.89. The van der Waals surface area contributed by atoms with Gasteiger partial charge in [-0.3, -0.25) is 0 Å². The molecule has 2 nitrogen and oxygen atoms in total. The van der Waals surface area contributed by atoms with Crippen LogP contribution >= 0.6 is 0 Å². The summed E-state index contributed by atoms with van der Waals surface area (Å²) in [5.74, 6) is 0. The van der Waals surface area contributed by atoms with Crippen molar-refractivity contribution in [3.63, 3.8) is 0 Å². The highest BCUT2D eigenvalue weighted by atomic mass is 19.1. The number of hydrogen-bond donors (Lipinski definition) is 2. The normalized spacial score (nSPS) is 27.6. The highest BCUT2D eigenvalue weighted by Gasteiger charge is 2.46. The molecule has 0 amide bonds. The standard InChI is InChI=1S/C11H13FN2/c12-11(6-13-7-11)10-5-8-3-1-2-4-9(8)14-10/h1-4,10,13-14H,5-7H2. The van der Waals surface area contributed by atoms with Crippen molar-refractivity contribution in [2.75, 3.05) is 18.4 Å². The Morgan fingerprint density at radius 1 is 1.29 bits per heavy atom. The van der Waals surface area contributed by atoms with Gasteiger partial charge >= 0.3 is 0 Å². The third kappa shape index (κ3) is 1.05. The Hall–Kier alpha value is -1.09. The average Bonchev–Trinajstić information content (AvgIpc) is 2.57. The Morgan fingerprint density at radius 3 is 2.71 bits per heavy atom. The van der Waals surface area contributed by atoms with E-state index in [1.165, 1.54) is 5.56 Å². The van der Waals surface area contributed by atoms with Gasteiger partial charge in [-0.2, -0.15) is 0 Å². The first-order chi connectivity index (χ1) is 6.78. The van der Waals surface area contributed by atoms with E-state index in [-0.39, 0.29) is 6.04 Å². The summed E-state index contributed by atoms with van der Waals surface area (Å²) in [7, 11) is 0. The first-order valence-electron chi connectivity index (χ1n) is 5.02. The van der Waals surface area contributed by atoms with Crippen LogP contribution in [0.2, 0.25) is 0 Å². The molecule has 74 valence electrons. The first kappa shape index (κ1) is 8.24. The molecule has 0 radical (unpaired) electrons. The third-order valence-electron chi connectivity index (χ3n) is 3.23. The molecule has 2 heterocycles. The number of benzene rings is 1. The summed E-state index contributed by atoms with van der Waals surface area (Å²) in [6, 6.07) is 8.04. The van der Waals surface area contributed by atoms with E-state index in [0.717, 1.165) is 12.1 Å². The zero-order chi connectivity index (χ0) is 9.60. The van der Waals surface area contributed by atoms with Crippen molar-refractivity contribution in [1.29, 1.82) is 0 Å². The van der Waals surface area contributed by atoms with Gasteiger partial charge in [-0.1, -0.05) is 18.2 Å². The van der Waals surface area contributed by atoms with Crippen LogP contribution in [0.3, 0.4) is 0 Å². The predicted molar refractivity (Wildman–Crippen MR) is 54.3 cm³/mol. The number of nitrogens with one attached hydrogen (secondary N) is 2. The van der Waals surface area contributed by atoms with Gasteiger partial charge in [-0.15, -0.1) is 0 Å². The Morgan fingerprint density at radius 2 is 2.07 bits per heavy atom. The molecule has 0 saturated carbocycles. The van der Waals surface area contributed by atoms with Gasteiger partial charge in [0.05, 0.1) is 6.04 Å². The maximum atomic E-state index is 14.1. The fourth-order valence-electron chi connectivity index (χ4n) is 2.22. The molecule has 0 spiro atoms. The van der Waals surface area contributed by atoms with E-state index in [2.05, 4.69) is 16.7 Å². The monoisotopic (exact) mass is 192 g/mol. The molecule has 0 bridgehead atoms. The number of alkyl halides is 1. The van der Waals surface area contributed by atoms with Crippen molar-refractivity contribution in [1.82, 2.24) is 5.32 Å². The number of fused-ring (bicyclic) bond motifs is 1. The fraction of sp³-hybridized carbons (Fsp3) is 0.455. The van der Waals surface area contributed by atoms with Gasteiger partial charge in [0.25, 0.3) is 0 Å². The van der Waals surface area contributed by atoms with Crippen LogP contribution in [0.1, 0.15) is 5.56 Å².